The number of primary amides is 1. The van der Waals surface area contributed by atoms with Gasteiger partial charge in [-0.15, -0.1) is 0 Å². The van der Waals surface area contributed by atoms with Crippen molar-refractivity contribution in [1.82, 2.24) is 25.9 Å². The van der Waals surface area contributed by atoms with Gasteiger partial charge in [0.2, 0.25) is 11.8 Å². The highest BCUT2D eigenvalue weighted by Gasteiger charge is 2.30. The summed E-state index contributed by atoms with van der Waals surface area (Å²) in [5.74, 6) is -2.85. The van der Waals surface area contributed by atoms with Crippen molar-refractivity contribution >= 4 is 34.7 Å². The standard InChI is InChI=1S/C34H38N6O7/c1-34(2,3)40-30(43)21-13-7-10-16-27(21)47-19-26(41)24(17-20-11-5-4-6-12-20)38-31(44)25(18-28(35)42)39-33(46)29-32(45)37-23-15-9-8-14-22(23)36-29/h4-16,24-26,41H,17-19H2,1-3H3,(H2,35,42)(H,37,45)(H,38,44)(H,39,46)(H,40,43)/t24-,25-,26-/m0/s1. The Hall–Kier alpha value is -5.56. The Morgan fingerprint density at radius 2 is 1.57 bits per heavy atom. The molecule has 1 aromatic heterocycles. The lowest BCUT2D eigenvalue weighted by Crippen LogP contribution is -2.55. The number of ether oxygens (including phenoxy) is 1. The van der Waals surface area contributed by atoms with E-state index in [4.69, 9.17) is 10.5 Å². The zero-order valence-electron chi connectivity index (χ0n) is 26.3. The van der Waals surface area contributed by atoms with Crippen LogP contribution in [0.15, 0.2) is 83.7 Å². The van der Waals surface area contributed by atoms with Crippen molar-refractivity contribution in [3.05, 3.63) is 106 Å². The molecule has 3 aromatic carbocycles. The lowest BCUT2D eigenvalue weighted by Gasteiger charge is -2.27. The summed E-state index contributed by atoms with van der Waals surface area (Å²) in [4.78, 5) is 70.8. The van der Waals surface area contributed by atoms with E-state index in [0.717, 1.165) is 5.56 Å². The number of hydrogen-bond donors (Lipinski definition) is 6. The van der Waals surface area contributed by atoms with E-state index in [9.17, 15) is 29.1 Å². The molecule has 0 spiro atoms. The minimum absolute atomic E-state index is 0.145. The number of amides is 4. The maximum atomic E-state index is 13.6. The van der Waals surface area contributed by atoms with Gasteiger partial charge in [-0.25, -0.2) is 4.98 Å². The molecule has 4 aromatic rings. The zero-order valence-corrected chi connectivity index (χ0v) is 26.3. The zero-order chi connectivity index (χ0) is 34.1. The first-order chi connectivity index (χ1) is 22.3. The van der Waals surface area contributed by atoms with Crippen LogP contribution in [0.5, 0.6) is 5.75 Å². The smallest absolute Gasteiger partial charge is 0.280 e. The molecule has 0 unspecified atom stereocenters. The summed E-state index contributed by atoms with van der Waals surface area (Å²) in [5.41, 5.74) is 5.40. The van der Waals surface area contributed by atoms with E-state index in [1.54, 1.807) is 72.8 Å². The fourth-order valence-corrected chi connectivity index (χ4v) is 4.73. The molecule has 13 heteroatoms. The summed E-state index contributed by atoms with van der Waals surface area (Å²) in [5, 5.41) is 19.2. The van der Waals surface area contributed by atoms with Gasteiger partial charge in [0.1, 0.15) is 24.5 Å². The average molecular weight is 643 g/mol. The van der Waals surface area contributed by atoms with Gasteiger partial charge in [0, 0.05) is 5.54 Å². The Kier molecular flexibility index (Phi) is 11.1. The number of aliphatic hydroxyl groups excluding tert-OH is 1. The summed E-state index contributed by atoms with van der Waals surface area (Å²) in [6.07, 6.45) is -1.76. The van der Waals surface area contributed by atoms with Crippen molar-refractivity contribution in [2.24, 2.45) is 5.73 Å². The Balaban J connectivity index is 1.53. The lowest BCUT2D eigenvalue weighted by molar-refractivity contribution is -0.128. The number of fused-ring (bicyclic) bond motifs is 1. The first kappa shape index (κ1) is 34.3. The molecule has 1 heterocycles. The van der Waals surface area contributed by atoms with Crippen LogP contribution in [-0.4, -0.2) is 69.0 Å². The molecule has 246 valence electrons. The molecule has 0 aliphatic heterocycles. The number of para-hydroxylation sites is 3. The molecule has 47 heavy (non-hydrogen) atoms. The Labute approximate surface area is 270 Å². The van der Waals surface area contributed by atoms with Crippen LogP contribution in [0.4, 0.5) is 0 Å². The molecular weight excluding hydrogens is 604 g/mol. The van der Waals surface area contributed by atoms with Crippen LogP contribution in [0.25, 0.3) is 11.0 Å². The van der Waals surface area contributed by atoms with E-state index in [2.05, 4.69) is 25.9 Å². The fourth-order valence-electron chi connectivity index (χ4n) is 4.73. The molecule has 4 rings (SSSR count). The second-order valence-electron chi connectivity index (χ2n) is 12.0. The number of H-pyrrole nitrogens is 1. The molecule has 4 amide bonds. The third-order valence-corrected chi connectivity index (χ3v) is 6.96. The van der Waals surface area contributed by atoms with Crippen molar-refractivity contribution in [3.8, 4) is 5.75 Å². The molecule has 0 radical (unpaired) electrons. The second kappa shape index (κ2) is 15.1. The van der Waals surface area contributed by atoms with Crippen molar-refractivity contribution in [2.75, 3.05) is 6.61 Å². The quantitative estimate of drug-likeness (QED) is 0.126. The number of aromatic nitrogens is 2. The van der Waals surface area contributed by atoms with E-state index in [1.165, 1.54) is 0 Å². The van der Waals surface area contributed by atoms with Crippen LogP contribution >= 0.6 is 0 Å². The molecule has 13 nitrogen and oxygen atoms in total. The molecule has 0 aliphatic rings. The number of rotatable bonds is 13. The normalized spacial score (nSPS) is 13.2. The van der Waals surface area contributed by atoms with Gasteiger partial charge in [-0.3, -0.25) is 24.0 Å². The lowest BCUT2D eigenvalue weighted by atomic mass is 10.0. The first-order valence-corrected chi connectivity index (χ1v) is 15.0. The molecule has 0 saturated carbocycles. The van der Waals surface area contributed by atoms with E-state index in [0.29, 0.717) is 11.0 Å². The van der Waals surface area contributed by atoms with Gasteiger partial charge in [0.05, 0.1) is 29.1 Å². The third-order valence-electron chi connectivity index (χ3n) is 6.96. The van der Waals surface area contributed by atoms with Crippen LogP contribution in [0.1, 0.15) is 53.6 Å². The van der Waals surface area contributed by atoms with Gasteiger partial charge in [-0.05, 0) is 57.0 Å². The number of carbonyl (C=O) groups is 4. The highest BCUT2D eigenvalue weighted by atomic mass is 16.5. The van der Waals surface area contributed by atoms with Gasteiger partial charge in [0.25, 0.3) is 17.4 Å². The van der Waals surface area contributed by atoms with Gasteiger partial charge in [-0.1, -0.05) is 54.6 Å². The van der Waals surface area contributed by atoms with Gasteiger partial charge in [0.15, 0.2) is 5.69 Å². The van der Waals surface area contributed by atoms with Gasteiger partial charge >= 0.3 is 0 Å². The Bertz CT molecular complexity index is 1800. The average Bonchev–Trinajstić information content (AvgIpc) is 3.02. The summed E-state index contributed by atoms with van der Waals surface area (Å²) in [6, 6.07) is 19.7. The molecule has 0 saturated heterocycles. The number of aliphatic hydroxyl groups is 1. The molecule has 7 N–H and O–H groups in total. The van der Waals surface area contributed by atoms with Gasteiger partial charge in [-0.2, -0.15) is 0 Å². The number of nitrogens with zero attached hydrogens (tertiary/aromatic N) is 1. The number of benzene rings is 3. The number of nitrogens with two attached hydrogens (primary N) is 1. The summed E-state index contributed by atoms with van der Waals surface area (Å²) in [6.45, 7) is 5.22. The van der Waals surface area contributed by atoms with Crippen LogP contribution in [0.3, 0.4) is 0 Å². The second-order valence-corrected chi connectivity index (χ2v) is 12.0. The van der Waals surface area contributed by atoms with Crippen molar-refractivity contribution in [3.63, 3.8) is 0 Å². The minimum atomic E-state index is -1.50. The van der Waals surface area contributed by atoms with Crippen LogP contribution < -0.4 is 32.0 Å². The SMILES string of the molecule is CC(C)(C)NC(=O)c1ccccc1OC[C@H](O)[C@H](Cc1ccccc1)NC(=O)[C@H](CC(N)=O)NC(=O)c1nc2ccccc2[nH]c1=O. The molecule has 0 aliphatic carbocycles. The minimum Gasteiger partial charge on any atom is -0.490 e. The topological polar surface area (TPSA) is 206 Å². The fraction of sp³-hybridized carbons (Fsp3) is 0.294. The number of nitrogens with one attached hydrogen (secondary N) is 4. The summed E-state index contributed by atoms with van der Waals surface area (Å²) >= 11 is 0. The highest BCUT2D eigenvalue weighted by Crippen LogP contribution is 2.20. The maximum absolute atomic E-state index is 13.6. The third kappa shape index (κ3) is 9.71. The molecule has 0 fully saturated rings. The van der Waals surface area contributed by atoms with E-state index < -0.39 is 59.1 Å². The van der Waals surface area contributed by atoms with Crippen molar-refractivity contribution < 1.29 is 29.0 Å². The summed E-state index contributed by atoms with van der Waals surface area (Å²) < 4.78 is 5.88. The predicted molar refractivity (Wildman–Crippen MR) is 175 cm³/mol. The molecule has 3 atom stereocenters. The Morgan fingerprint density at radius 1 is 0.915 bits per heavy atom. The predicted octanol–water partition coefficient (Wildman–Crippen LogP) is 1.59. The van der Waals surface area contributed by atoms with Crippen LogP contribution in [-0.2, 0) is 16.0 Å². The first-order valence-electron chi connectivity index (χ1n) is 15.0. The number of aromatic amines is 1. The largest absolute Gasteiger partial charge is 0.490 e. The van der Waals surface area contributed by atoms with Crippen LogP contribution in [0, 0.1) is 0 Å². The monoisotopic (exact) mass is 642 g/mol. The van der Waals surface area contributed by atoms with Gasteiger partial charge < -0.3 is 36.5 Å². The summed E-state index contributed by atoms with van der Waals surface area (Å²) in [7, 11) is 0. The molecule has 0 bridgehead atoms. The van der Waals surface area contributed by atoms with E-state index >= 15 is 0 Å². The number of hydrogen-bond acceptors (Lipinski definition) is 8. The van der Waals surface area contributed by atoms with Crippen molar-refractivity contribution in [2.45, 2.75) is 57.3 Å². The number of carbonyl (C=O) groups excluding carboxylic acids is 4. The van der Waals surface area contributed by atoms with Crippen molar-refractivity contribution in [1.29, 1.82) is 0 Å². The van der Waals surface area contributed by atoms with Crippen LogP contribution in [0.2, 0.25) is 0 Å². The maximum Gasteiger partial charge on any atom is 0.280 e. The molecular formula is C34H38N6O7. The Morgan fingerprint density at radius 3 is 2.28 bits per heavy atom. The van der Waals surface area contributed by atoms with E-state index in [1.807, 2.05) is 26.8 Å². The highest BCUT2D eigenvalue weighted by molar-refractivity contribution is 5.98. The van der Waals surface area contributed by atoms with E-state index in [-0.39, 0.29) is 30.2 Å².